The van der Waals surface area contributed by atoms with E-state index < -0.39 is 5.82 Å². The maximum atomic E-state index is 14.8. The number of rotatable bonds is 2. The average Bonchev–Trinajstić information content (AvgIpc) is 3.09. The Bertz CT molecular complexity index is 1020. The second kappa shape index (κ2) is 7.49. The van der Waals surface area contributed by atoms with E-state index in [1.54, 1.807) is 16.6 Å². The van der Waals surface area contributed by atoms with Crippen LogP contribution in [0.3, 0.4) is 0 Å². The summed E-state index contributed by atoms with van der Waals surface area (Å²) in [6, 6.07) is 6.33. The normalized spacial score (nSPS) is 15.4. The van der Waals surface area contributed by atoms with E-state index in [4.69, 9.17) is 16.9 Å². The molecule has 0 spiro atoms. The van der Waals surface area contributed by atoms with Crippen molar-refractivity contribution in [3.8, 4) is 17.2 Å². The lowest BCUT2D eigenvalue weighted by atomic mass is 10.0. The zero-order valence-corrected chi connectivity index (χ0v) is 15.5. The number of nitrogens with zero attached hydrogens (tertiary/aromatic N) is 6. The van der Waals surface area contributed by atoms with Crippen LogP contribution >= 0.6 is 11.6 Å². The summed E-state index contributed by atoms with van der Waals surface area (Å²) in [7, 11) is 0. The number of anilines is 1. The third kappa shape index (κ3) is 3.33. The Morgan fingerprint density at radius 2 is 1.85 bits per heavy atom. The number of aromatic nitrogens is 4. The molecule has 4 rings (SSSR count). The van der Waals surface area contributed by atoms with Crippen LogP contribution in [-0.2, 0) is 0 Å². The van der Waals surface area contributed by atoms with Gasteiger partial charge < -0.3 is 4.90 Å². The molecule has 1 aromatic carbocycles. The van der Waals surface area contributed by atoms with E-state index in [0.29, 0.717) is 22.7 Å². The van der Waals surface area contributed by atoms with Crippen LogP contribution in [0.4, 0.5) is 10.2 Å². The Balaban J connectivity index is 1.94. The molecule has 0 unspecified atom stereocenters. The molecule has 0 bridgehead atoms. The van der Waals surface area contributed by atoms with E-state index in [-0.39, 0.29) is 10.7 Å². The molecule has 3 heterocycles. The zero-order chi connectivity index (χ0) is 18.8. The highest BCUT2D eigenvalue weighted by atomic mass is 35.5. The van der Waals surface area contributed by atoms with Crippen LogP contribution in [0.1, 0.15) is 37.7 Å². The van der Waals surface area contributed by atoms with Crippen molar-refractivity contribution >= 4 is 23.2 Å². The topological polar surface area (TPSA) is 70.1 Å². The van der Waals surface area contributed by atoms with Crippen molar-refractivity contribution in [3.05, 3.63) is 41.1 Å². The molecule has 0 N–H and O–H groups in total. The number of fused-ring (bicyclic) bond motifs is 1. The molecule has 2 aromatic heterocycles. The number of halogens is 2. The van der Waals surface area contributed by atoms with Gasteiger partial charge in [-0.25, -0.2) is 4.39 Å². The average molecular weight is 385 g/mol. The third-order valence-electron chi connectivity index (χ3n) is 4.88. The third-order valence-corrected chi connectivity index (χ3v) is 5.16. The molecule has 8 heteroatoms. The minimum Gasteiger partial charge on any atom is -0.356 e. The van der Waals surface area contributed by atoms with Crippen molar-refractivity contribution in [2.45, 2.75) is 32.1 Å². The second-order valence-corrected chi connectivity index (χ2v) is 6.99. The molecular formula is C19H18ClFN6. The van der Waals surface area contributed by atoms with Crippen molar-refractivity contribution in [2.24, 2.45) is 0 Å². The highest BCUT2D eigenvalue weighted by molar-refractivity contribution is 6.33. The smallest absolute Gasteiger partial charge is 0.255 e. The zero-order valence-electron chi connectivity index (χ0n) is 14.7. The van der Waals surface area contributed by atoms with E-state index in [1.165, 1.54) is 18.8 Å². The maximum absolute atomic E-state index is 14.8. The maximum Gasteiger partial charge on any atom is 0.255 e. The van der Waals surface area contributed by atoms with Crippen molar-refractivity contribution in [1.82, 2.24) is 19.6 Å². The molecule has 1 aliphatic rings. The quantitative estimate of drug-likeness (QED) is 0.618. The van der Waals surface area contributed by atoms with Gasteiger partial charge in [0.05, 0.1) is 17.2 Å². The lowest BCUT2D eigenvalue weighted by Gasteiger charge is -2.29. The van der Waals surface area contributed by atoms with Crippen LogP contribution in [0.15, 0.2) is 24.5 Å². The lowest BCUT2D eigenvalue weighted by molar-refractivity contribution is 0.551. The minimum absolute atomic E-state index is 0.177. The van der Waals surface area contributed by atoms with Crippen LogP contribution in [0.25, 0.3) is 16.9 Å². The summed E-state index contributed by atoms with van der Waals surface area (Å²) in [6.07, 6.45) is 7.08. The van der Waals surface area contributed by atoms with Crippen molar-refractivity contribution in [1.29, 1.82) is 5.26 Å². The van der Waals surface area contributed by atoms with Crippen molar-refractivity contribution in [2.75, 3.05) is 18.0 Å². The Labute approximate surface area is 161 Å². The Hall–Kier alpha value is -2.72. The predicted octanol–water partition coefficient (Wildman–Crippen LogP) is 4.23. The summed E-state index contributed by atoms with van der Waals surface area (Å²) >= 11 is 6.49. The Morgan fingerprint density at radius 1 is 1.11 bits per heavy atom. The van der Waals surface area contributed by atoms with Gasteiger partial charge in [0, 0.05) is 18.7 Å². The van der Waals surface area contributed by atoms with Gasteiger partial charge in [-0.05, 0) is 31.0 Å². The second-order valence-electron chi connectivity index (χ2n) is 6.63. The number of hydrogen-bond acceptors (Lipinski definition) is 5. The summed E-state index contributed by atoms with van der Waals surface area (Å²) in [5.41, 5.74) is 1.05. The Kier molecular flexibility index (Phi) is 4.90. The molecule has 0 aliphatic carbocycles. The summed E-state index contributed by atoms with van der Waals surface area (Å²) in [5.74, 6) is 0.577. The molecule has 27 heavy (non-hydrogen) atoms. The largest absolute Gasteiger partial charge is 0.356 e. The van der Waals surface area contributed by atoms with E-state index in [9.17, 15) is 4.39 Å². The van der Waals surface area contributed by atoms with Crippen LogP contribution in [-0.4, -0.2) is 32.7 Å². The number of nitriles is 1. The fourth-order valence-corrected chi connectivity index (χ4v) is 3.84. The van der Waals surface area contributed by atoms with Gasteiger partial charge in [0.2, 0.25) is 0 Å². The fraction of sp³-hybridized carbons (Fsp3) is 0.368. The molecule has 1 saturated heterocycles. The van der Waals surface area contributed by atoms with E-state index >= 15 is 0 Å². The summed E-state index contributed by atoms with van der Waals surface area (Å²) in [6.45, 7) is 1.67. The standard InChI is InChI=1S/C19H18ClFN6/c20-17-16(14-7-6-13(11-22)10-15(14)21)18(27-19(25-17)23-12-24-27)26-8-4-2-1-3-5-9-26/h6-7,10,12H,1-5,8-9H2. The monoisotopic (exact) mass is 384 g/mol. The molecule has 1 aliphatic heterocycles. The van der Waals surface area contributed by atoms with Crippen LogP contribution in [0, 0.1) is 17.1 Å². The van der Waals surface area contributed by atoms with Gasteiger partial charge in [0.15, 0.2) is 0 Å². The van der Waals surface area contributed by atoms with Crippen molar-refractivity contribution < 1.29 is 4.39 Å². The first-order valence-corrected chi connectivity index (χ1v) is 9.41. The summed E-state index contributed by atoms with van der Waals surface area (Å²) in [4.78, 5) is 10.6. The number of benzene rings is 1. The summed E-state index contributed by atoms with van der Waals surface area (Å²) < 4.78 is 16.4. The van der Waals surface area contributed by atoms with Gasteiger partial charge in [-0.2, -0.15) is 24.8 Å². The first-order chi connectivity index (χ1) is 13.2. The molecule has 0 saturated carbocycles. The number of hydrogen-bond donors (Lipinski definition) is 0. The predicted molar refractivity (Wildman–Crippen MR) is 101 cm³/mol. The highest BCUT2D eigenvalue weighted by Crippen LogP contribution is 2.38. The van der Waals surface area contributed by atoms with Gasteiger partial charge in [-0.1, -0.05) is 30.9 Å². The van der Waals surface area contributed by atoms with E-state index in [0.717, 1.165) is 38.8 Å². The minimum atomic E-state index is -0.509. The summed E-state index contributed by atoms with van der Waals surface area (Å²) in [5, 5.41) is 13.5. The Morgan fingerprint density at radius 3 is 2.56 bits per heavy atom. The van der Waals surface area contributed by atoms with Crippen molar-refractivity contribution in [3.63, 3.8) is 0 Å². The molecule has 0 radical (unpaired) electrons. The van der Waals surface area contributed by atoms with Crippen LogP contribution in [0.5, 0.6) is 0 Å². The van der Waals surface area contributed by atoms with E-state index in [1.807, 2.05) is 6.07 Å². The van der Waals surface area contributed by atoms with Gasteiger partial charge >= 0.3 is 0 Å². The lowest BCUT2D eigenvalue weighted by Crippen LogP contribution is -2.30. The molecule has 6 nitrogen and oxygen atoms in total. The SMILES string of the molecule is N#Cc1ccc(-c2c(Cl)nc3ncnn3c2N2CCCCCCC2)c(F)c1. The molecule has 0 atom stereocenters. The van der Waals surface area contributed by atoms with Gasteiger partial charge in [-0.3, -0.25) is 0 Å². The molecule has 138 valence electrons. The first-order valence-electron chi connectivity index (χ1n) is 9.03. The molecule has 0 amide bonds. The fourth-order valence-electron chi connectivity index (χ4n) is 3.57. The van der Waals surface area contributed by atoms with Crippen LogP contribution < -0.4 is 4.90 Å². The highest BCUT2D eigenvalue weighted by Gasteiger charge is 2.24. The van der Waals surface area contributed by atoms with Gasteiger partial charge in [0.25, 0.3) is 5.78 Å². The molecule has 1 fully saturated rings. The van der Waals surface area contributed by atoms with E-state index in [2.05, 4.69) is 20.0 Å². The molecule has 3 aromatic rings. The first kappa shape index (κ1) is 17.7. The van der Waals surface area contributed by atoms with Gasteiger partial charge in [0.1, 0.15) is 23.1 Å². The van der Waals surface area contributed by atoms with Crippen LogP contribution in [0.2, 0.25) is 5.15 Å². The van der Waals surface area contributed by atoms with Gasteiger partial charge in [-0.15, -0.1) is 0 Å². The molecular weight excluding hydrogens is 367 g/mol.